The summed E-state index contributed by atoms with van der Waals surface area (Å²) in [6.45, 7) is 9.13. The summed E-state index contributed by atoms with van der Waals surface area (Å²) in [5.74, 6) is 1.29. The van der Waals surface area contributed by atoms with Gasteiger partial charge in [0.05, 0.1) is 0 Å². The smallest absolute Gasteiger partial charge is 0.293 e. The van der Waals surface area contributed by atoms with Gasteiger partial charge in [0, 0.05) is 43.6 Å². The van der Waals surface area contributed by atoms with Gasteiger partial charge in [0.1, 0.15) is 0 Å². The zero-order valence-corrected chi connectivity index (χ0v) is 12.6. The van der Waals surface area contributed by atoms with E-state index in [4.69, 9.17) is 0 Å². The third-order valence-electron chi connectivity index (χ3n) is 4.50. The van der Waals surface area contributed by atoms with Crippen molar-refractivity contribution >= 4 is 5.82 Å². The molecule has 1 N–H and O–H groups in total. The normalized spacial score (nSPS) is 26.6. The predicted molar refractivity (Wildman–Crippen MR) is 80.2 cm³/mol. The van der Waals surface area contributed by atoms with Crippen LogP contribution < -0.4 is 15.8 Å². The maximum absolute atomic E-state index is 12.7. The van der Waals surface area contributed by atoms with E-state index in [-0.39, 0.29) is 11.1 Å². The van der Waals surface area contributed by atoms with Crippen molar-refractivity contribution in [3.63, 3.8) is 0 Å². The minimum Gasteiger partial charge on any atom is -0.347 e. The lowest BCUT2D eigenvalue weighted by molar-refractivity contribution is 0.367. The van der Waals surface area contributed by atoms with Gasteiger partial charge in [-0.2, -0.15) is 0 Å². The molecule has 2 aliphatic rings. The van der Waals surface area contributed by atoms with E-state index in [9.17, 15) is 4.79 Å². The molecule has 0 aromatic carbocycles. The molecule has 5 heteroatoms. The van der Waals surface area contributed by atoms with Crippen LogP contribution in [0.1, 0.15) is 33.6 Å². The molecule has 0 spiro atoms. The first kappa shape index (κ1) is 13.6. The highest BCUT2D eigenvalue weighted by Gasteiger charge is 2.37. The molecular formula is C15H24N4O. The number of nitrogens with zero attached hydrogens (tertiary/aromatic N) is 3. The van der Waals surface area contributed by atoms with Crippen molar-refractivity contribution < 1.29 is 0 Å². The van der Waals surface area contributed by atoms with E-state index in [0.29, 0.717) is 17.8 Å². The molecule has 2 aliphatic heterocycles. The molecule has 110 valence electrons. The van der Waals surface area contributed by atoms with Crippen molar-refractivity contribution in [2.45, 2.75) is 45.2 Å². The van der Waals surface area contributed by atoms with Crippen LogP contribution in [0.25, 0.3) is 0 Å². The fourth-order valence-electron chi connectivity index (χ4n) is 3.46. The van der Waals surface area contributed by atoms with E-state index in [0.717, 1.165) is 26.1 Å². The summed E-state index contributed by atoms with van der Waals surface area (Å²) >= 11 is 0. The van der Waals surface area contributed by atoms with Crippen molar-refractivity contribution in [1.82, 2.24) is 14.9 Å². The van der Waals surface area contributed by atoms with Gasteiger partial charge in [0.25, 0.3) is 5.56 Å². The minimum atomic E-state index is -0.210. The molecule has 0 saturated carbocycles. The van der Waals surface area contributed by atoms with E-state index in [2.05, 4.69) is 15.2 Å². The third-order valence-corrected chi connectivity index (χ3v) is 4.50. The van der Waals surface area contributed by atoms with Crippen LogP contribution >= 0.6 is 0 Å². The highest BCUT2D eigenvalue weighted by atomic mass is 16.1. The van der Waals surface area contributed by atoms with Crippen LogP contribution in [0.3, 0.4) is 0 Å². The first-order valence-electron chi connectivity index (χ1n) is 7.54. The monoisotopic (exact) mass is 276 g/mol. The molecule has 3 rings (SSSR count). The zero-order chi connectivity index (χ0) is 14.3. The first-order chi connectivity index (χ1) is 9.48. The zero-order valence-electron chi connectivity index (χ0n) is 12.6. The molecule has 2 unspecified atom stereocenters. The van der Waals surface area contributed by atoms with Crippen LogP contribution in [0.4, 0.5) is 5.82 Å². The summed E-state index contributed by atoms with van der Waals surface area (Å²) in [5.41, 5.74) is -0.176. The molecule has 0 amide bonds. The molecule has 2 atom stereocenters. The maximum atomic E-state index is 12.7. The predicted octanol–water partition coefficient (Wildman–Crippen LogP) is 1.19. The summed E-state index contributed by atoms with van der Waals surface area (Å²) in [4.78, 5) is 19.4. The van der Waals surface area contributed by atoms with E-state index in [1.54, 1.807) is 17.0 Å². The van der Waals surface area contributed by atoms with Crippen molar-refractivity contribution in [2.75, 3.05) is 24.5 Å². The Bertz CT molecular complexity index is 546. The number of nitrogens with one attached hydrogen (secondary N) is 1. The Balaban J connectivity index is 2.00. The maximum Gasteiger partial charge on any atom is 0.293 e. The van der Waals surface area contributed by atoms with Gasteiger partial charge in [-0.05, 0) is 39.5 Å². The quantitative estimate of drug-likeness (QED) is 0.837. The average Bonchev–Trinajstić information content (AvgIpc) is 2.86. The number of rotatable bonds is 1. The standard InChI is InChI=1S/C15H24N4O/c1-15(2,3)19-8-6-17-13(14(19)20)18-7-4-5-11-9-16-10-12(11)18/h6,8,11-12,16H,4-5,7,9-10H2,1-3H3. The van der Waals surface area contributed by atoms with Gasteiger partial charge in [0.2, 0.25) is 0 Å². The summed E-state index contributed by atoms with van der Waals surface area (Å²) in [5, 5.41) is 3.45. The highest BCUT2D eigenvalue weighted by Crippen LogP contribution is 2.28. The second-order valence-electron chi connectivity index (χ2n) is 6.92. The SMILES string of the molecule is CC(C)(C)n1ccnc(N2CCCC3CNCC32)c1=O. The van der Waals surface area contributed by atoms with Gasteiger partial charge in [-0.3, -0.25) is 4.79 Å². The Hall–Kier alpha value is -1.36. The Morgan fingerprint density at radius 1 is 1.35 bits per heavy atom. The van der Waals surface area contributed by atoms with Crippen LogP contribution in [0.5, 0.6) is 0 Å². The van der Waals surface area contributed by atoms with E-state index < -0.39 is 0 Å². The molecule has 3 heterocycles. The van der Waals surface area contributed by atoms with Crippen molar-refractivity contribution in [1.29, 1.82) is 0 Å². The van der Waals surface area contributed by atoms with Crippen LogP contribution in [-0.2, 0) is 5.54 Å². The molecule has 0 aliphatic carbocycles. The lowest BCUT2D eigenvalue weighted by Gasteiger charge is -2.38. The van der Waals surface area contributed by atoms with Gasteiger partial charge in [-0.1, -0.05) is 0 Å². The first-order valence-corrected chi connectivity index (χ1v) is 7.54. The Kier molecular flexibility index (Phi) is 3.32. The van der Waals surface area contributed by atoms with Crippen LogP contribution in [-0.4, -0.2) is 35.2 Å². The van der Waals surface area contributed by atoms with Crippen LogP contribution in [0.15, 0.2) is 17.2 Å². The second kappa shape index (κ2) is 4.88. The van der Waals surface area contributed by atoms with Crippen LogP contribution in [0.2, 0.25) is 0 Å². The van der Waals surface area contributed by atoms with Crippen molar-refractivity contribution in [3.8, 4) is 0 Å². The third kappa shape index (κ3) is 2.24. The van der Waals surface area contributed by atoms with E-state index in [1.807, 2.05) is 20.8 Å². The molecule has 0 bridgehead atoms. The molecule has 0 radical (unpaired) electrons. The Morgan fingerprint density at radius 2 is 2.15 bits per heavy atom. The summed E-state index contributed by atoms with van der Waals surface area (Å²) in [6.07, 6.45) is 5.96. The number of aromatic nitrogens is 2. The fourth-order valence-corrected chi connectivity index (χ4v) is 3.46. The van der Waals surface area contributed by atoms with Gasteiger partial charge < -0.3 is 14.8 Å². The van der Waals surface area contributed by atoms with E-state index >= 15 is 0 Å². The summed E-state index contributed by atoms with van der Waals surface area (Å²) in [7, 11) is 0. The largest absolute Gasteiger partial charge is 0.347 e. The Morgan fingerprint density at radius 3 is 2.90 bits per heavy atom. The summed E-state index contributed by atoms with van der Waals surface area (Å²) in [6, 6.07) is 0.430. The lowest BCUT2D eigenvalue weighted by atomic mass is 9.92. The lowest BCUT2D eigenvalue weighted by Crippen LogP contribution is -2.49. The van der Waals surface area contributed by atoms with Gasteiger partial charge in [0.15, 0.2) is 5.82 Å². The van der Waals surface area contributed by atoms with Crippen molar-refractivity contribution in [2.24, 2.45) is 5.92 Å². The highest BCUT2D eigenvalue weighted by molar-refractivity contribution is 5.39. The minimum absolute atomic E-state index is 0.0348. The van der Waals surface area contributed by atoms with Crippen LogP contribution in [0, 0.1) is 5.92 Å². The number of piperidine rings is 1. The molecule has 1 aromatic heterocycles. The number of hydrogen-bond acceptors (Lipinski definition) is 4. The Labute approximate surface area is 120 Å². The number of fused-ring (bicyclic) bond motifs is 1. The average molecular weight is 276 g/mol. The molecule has 20 heavy (non-hydrogen) atoms. The van der Waals surface area contributed by atoms with E-state index in [1.165, 1.54) is 6.42 Å². The topological polar surface area (TPSA) is 50.2 Å². The molecular weight excluding hydrogens is 252 g/mol. The van der Waals surface area contributed by atoms with Gasteiger partial charge >= 0.3 is 0 Å². The fraction of sp³-hybridized carbons (Fsp3) is 0.733. The molecule has 5 nitrogen and oxygen atoms in total. The molecule has 1 aromatic rings. The van der Waals surface area contributed by atoms with Gasteiger partial charge in [-0.15, -0.1) is 0 Å². The number of hydrogen-bond donors (Lipinski definition) is 1. The summed E-state index contributed by atoms with van der Waals surface area (Å²) < 4.78 is 1.79. The molecule has 2 saturated heterocycles. The second-order valence-corrected chi connectivity index (χ2v) is 6.92. The van der Waals surface area contributed by atoms with Gasteiger partial charge in [-0.25, -0.2) is 4.98 Å². The number of anilines is 1. The molecule has 2 fully saturated rings. The van der Waals surface area contributed by atoms with Crippen molar-refractivity contribution in [3.05, 3.63) is 22.7 Å².